The Bertz CT molecular complexity index is 493. The highest BCUT2D eigenvalue weighted by atomic mass is 19.3. The summed E-state index contributed by atoms with van der Waals surface area (Å²) < 4.78 is 34.0. The van der Waals surface area contributed by atoms with Gasteiger partial charge in [0.2, 0.25) is 0 Å². The molecule has 2 rings (SSSR count). The molecule has 1 aromatic rings. The van der Waals surface area contributed by atoms with Gasteiger partial charge >= 0.3 is 6.29 Å². The van der Waals surface area contributed by atoms with Gasteiger partial charge in [-0.1, -0.05) is 11.2 Å². The molecular weight excluding hydrogens is 250 g/mol. The van der Waals surface area contributed by atoms with Gasteiger partial charge in [-0.2, -0.15) is 0 Å². The van der Waals surface area contributed by atoms with Crippen molar-refractivity contribution in [2.24, 2.45) is 10.9 Å². The highest BCUT2D eigenvalue weighted by Gasteiger charge is 2.43. The highest BCUT2D eigenvalue weighted by Crippen LogP contribution is 2.42. The fraction of sp³-hybridized carbons (Fsp3) is 0.300. The molecule has 0 spiro atoms. The van der Waals surface area contributed by atoms with Gasteiger partial charge in [0.25, 0.3) is 0 Å². The van der Waals surface area contributed by atoms with Crippen molar-refractivity contribution in [2.75, 3.05) is 0 Å². The number of nitrogens with zero attached hydrogens (tertiary/aromatic N) is 1. The van der Waals surface area contributed by atoms with Crippen LogP contribution in [0, 0.1) is 0 Å². The number of hydrogen-bond acceptors (Lipinski definition) is 5. The summed E-state index contributed by atoms with van der Waals surface area (Å²) in [5.41, 5.74) is 5.52. The van der Waals surface area contributed by atoms with Crippen LogP contribution in [-0.4, -0.2) is 22.4 Å². The number of aliphatic hydroxyl groups excluding tert-OH is 1. The number of halogens is 2. The molecule has 1 heterocycles. The van der Waals surface area contributed by atoms with Crippen LogP contribution >= 0.6 is 0 Å². The maximum atomic E-state index is 12.8. The molecule has 0 fully saturated rings. The molecule has 0 bridgehead atoms. The van der Waals surface area contributed by atoms with E-state index in [1.165, 1.54) is 18.2 Å². The molecule has 1 atom stereocenters. The van der Waals surface area contributed by atoms with Crippen molar-refractivity contribution < 1.29 is 28.6 Å². The fourth-order valence-electron chi connectivity index (χ4n) is 1.53. The molecule has 0 radical (unpaired) electrons. The van der Waals surface area contributed by atoms with Crippen molar-refractivity contribution in [2.45, 2.75) is 18.8 Å². The van der Waals surface area contributed by atoms with Crippen LogP contribution in [0.15, 0.2) is 23.4 Å². The van der Waals surface area contributed by atoms with Crippen molar-refractivity contribution in [1.29, 1.82) is 0 Å². The lowest BCUT2D eigenvalue weighted by atomic mass is 10.1. The number of hydrogen-bond donors (Lipinski definition) is 3. The van der Waals surface area contributed by atoms with Gasteiger partial charge in [0.15, 0.2) is 11.5 Å². The van der Waals surface area contributed by atoms with Gasteiger partial charge in [-0.25, -0.2) is 0 Å². The van der Waals surface area contributed by atoms with Crippen LogP contribution in [0.4, 0.5) is 8.78 Å². The van der Waals surface area contributed by atoms with E-state index in [2.05, 4.69) is 14.6 Å². The van der Waals surface area contributed by atoms with Crippen LogP contribution in [0.5, 0.6) is 11.5 Å². The van der Waals surface area contributed by atoms with Gasteiger partial charge in [0, 0.05) is 6.42 Å². The minimum Gasteiger partial charge on any atom is -0.409 e. The number of aliphatic hydroxyl groups is 1. The number of fused-ring (bicyclic) bond motifs is 1. The van der Waals surface area contributed by atoms with E-state index in [4.69, 9.17) is 10.9 Å². The first-order valence-electron chi connectivity index (χ1n) is 4.95. The number of ether oxygens (including phenoxy) is 2. The van der Waals surface area contributed by atoms with Gasteiger partial charge in [0.05, 0.1) is 6.10 Å². The summed E-state index contributed by atoms with van der Waals surface area (Å²) in [5.74, 6) is -0.457. The number of oxime groups is 1. The first-order chi connectivity index (χ1) is 8.41. The molecule has 1 aliphatic heterocycles. The molecule has 0 saturated carbocycles. The first-order valence-corrected chi connectivity index (χ1v) is 4.95. The Morgan fingerprint density at radius 3 is 2.72 bits per heavy atom. The van der Waals surface area contributed by atoms with Gasteiger partial charge in [0.1, 0.15) is 5.84 Å². The number of nitrogens with two attached hydrogens (primary N) is 1. The third-order valence-corrected chi connectivity index (χ3v) is 2.34. The summed E-state index contributed by atoms with van der Waals surface area (Å²) in [4.78, 5) is 0. The zero-order valence-corrected chi connectivity index (χ0v) is 9.01. The summed E-state index contributed by atoms with van der Waals surface area (Å²) in [5, 5.41) is 20.8. The second kappa shape index (κ2) is 4.30. The van der Waals surface area contributed by atoms with Crippen molar-refractivity contribution in [3.05, 3.63) is 23.8 Å². The third-order valence-electron chi connectivity index (χ3n) is 2.34. The Morgan fingerprint density at radius 1 is 1.39 bits per heavy atom. The topological polar surface area (TPSA) is 97.3 Å². The van der Waals surface area contributed by atoms with Crippen molar-refractivity contribution in [3.63, 3.8) is 0 Å². The molecular formula is C10H10F2N2O4. The second-order valence-corrected chi connectivity index (χ2v) is 3.68. The van der Waals surface area contributed by atoms with E-state index < -0.39 is 12.4 Å². The molecule has 0 saturated heterocycles. The van der Waals surface area contributed by atoms with Crippen LogP contribution in [0.2, 0.25) is 0 Å². The van der Waals surface area contributed by atoms with Crippen molar-refractivity contribution >= 4 is 5.84 Å². The first kappa shape index (κ1) is 12.4. The standard InChI is InChI=1S/C10H10F2N2O4/c11-10(12)17-7-2-1-5(3-8(7)18-10)6(15)4-9(13)14-16/h1-3,6,15-16H,4H2,(H2,13,14)/t6-/m0/s1. The van der Waals surface area contributed by atoms with E-state index >= 15 is 0 Å². The molecule has 0 amide bonds. The zero-order valence-electron chi connectivity index (χ0n) is 9.01. The van der Waals surface area contributed by atoms with Crippen molar-refractivity contribution in [3.8, 4) is 11.5 Å². The minimum absolute atomic E-state index is 0.111. The summed E-state index contributed by atoms with van der Waals surface area (Å²) in [6.07, 6.45) is -4.92. The van der Waals surface area contributed by atoms with E-state index in [1.54, 1.807) is 0 Å². The maximum Gasteiger partial charge on any atom is 0.586 e. The van der Waals surface area contributed by atoms with Crippen LogP contribution in [0.3, 0.4) is 0 Å². The largest absolute Gasteiger partial charge is 0.586 e. The SMILES string of the molecule is N/C(C[C@H](O)c1ccc2c(c1)OC(F)(F)O2)=N\O. The smallest absolute Gasteiger partial charge is 0.409 e. The second-order valence-electron chi connectivity index (χ2n) is 3.68. The van der Waals surface area contributed by atoms with Gasteiger partial charge in [-0.3, -0.25) is 0 Å². The lowest BCUT2D eigenvalue weighted by Crippen LogP contribution is -2.25. The van der Waals surface area contributed by atoms with Gasteiger partial charge < -0.3 is 25.5 Å². The lowest BCUT2D eigenvalue weighted by molar-refractivity contribution is -0.286. The molecule has 8 heteroatoms. The van der Waals surface area contributed by atoms with Crippen LogP contribution < -0.4 is 15.2 Å². The molecule has 0 aliphatic carbocycles. The molecule has 6 nitrogen and oxygen atoms in total. The van der Waals surface area contributed by atoms with Gasteiger partial charge in [-0.15, -0.1) is 8.78 Å². The number of rotatable bonds is 3. The van der Waals surface area contributed by atoms with Crippen LogP contribution in [0.1, 0.15) is 18.1 Å². The van der Waals surface area contributed by atoms with E-state index in [1.807, 2.05) is 0 Å². The summed E-state index contributed by atoms with van der Waals surface area (Å²) in [6.45, 7) is 0. The Labute approximate surface area is 100 Å². The average molecular weight is 260 g/mol. The molecule has 4 N–H and O–H groups in total. The van der Waals surface area contributed by atoms with E-state index in [9.17, 15) is 13.9 Å². The molecule has 0 aromatic heterocycles. The third kappa shape index (κ3) is 2.43. The number of alkyl halides is 2. The molecule has 1 aliphatic rings. The van der Waals surface area contributed by atoms with Crippen LogP contribution in [0.25, 0.3) is 0 Å². The maximum absolute atomic E-state index is 12.8. The predicted molar refractivity (Wildman–Crippen MR) is 55.6 cm³/mol. The van der Waals surface area contributed by atoms with E-state index in [0.29, 0.717) is 5.56 Å². The lowest BCUT2D eigenvalue weighted by Gasteiger charge is -2.10. The van der Waals surface area contributed by atoms with Crippen molar-refractivity contribution in [1.82, 2.24) is 0 Å². The molecule has 18 heavy (non-hydrogen) atoms. The van der Waals surface area contributed by atoms with E-state index in [0.717, 1.165) is 0 Å². The summed E-state index contributed by atoms with van der Waals surface area (Å²) >= 11 is 0. The predicted octanol–water partition coefficient (Wildman–Crippen LogP) is 1.18. The summed E-state index contributed by atoms with van der Waals surface area (Å²) in [7, 11) is 0. The molecule has 0 unspecified atom stereocenters. The summed E-state index contributed by atoms with van der Waals surface area (Å²) in [6, 6.07) is 3.85. The Hall–Kier alpha value is -2.09. The molecule has 1 aromatic carbocycles. The zero-order chi connectivity index (χ0) is 13.3. The fourth-order valence-corrected chi connectivity index (χ4v) is 1.53. The van der Waals surface area contributed by atoms with Gasteiger partial charge in [-0.05, 0) is 17.7 Å². The monoisotopic (exact) mass is 260 g/mol. The number of benzene rings is 1. The Morgan fingerprint density at radius 2 is 2.06 bits per heavy atom. The highest BCUT2D eigenvalue weighted by molar-refractivity contribution is 5.80. The van der Waals surface area contributed by atoms with Crippen LogP contribution in [-0.2, 0) is 0 Å². The Kier molecular flexibility index (Phi) is 2.95. The molecule has 98 valence electrons. The normalized spacial score (nSPS) is 18.7. The Balaban J connectivity index is 2.18. The average Bonchev–Trinajstić information content (AvgIpc) is 2.61. The number of amidine groups is 1. The van der Waals surface area contributed by atoms with E-state index in [-0.39, 0.29) is 23.8 Å². The minimum atomic E-state index is -3.70. The quantitative estimate of drug-likeness (QED) is 0.328.